The molecule has 1 fully saturated rings. The first kappa shape index (κ1) is 14.2. The second-order valence-corrected chi connectivity index (χ2v) is 6.63. The largest absolute Gasteiger partial charge is 0.481 e. The molecule has 20 heavy (non-hydrogen) atoms. The highest BCUT2D eigenvalue weighted by Gasteiger charge is 2.34. The van der Waals surface area contributed by atoms with E-state index in [-0.39, 0.29) is 36.0 Å². The van der Waals surface area contributed by atoms with Gasteiger partial charge in [-0.15, -0.1) is 0 Å². The Morgan fingerprint density at radius 2 is 2.20 bits per heavy atom. The van der Waals surface area contributed by atoms with Crippen molar-refractivity contribution < 1.29 is 18.3 Å². The Balaban J connectivity index is 2.38. The predicted octanol–water partition coefficient (Wildman–Crippen LogP) is -0.574. The van der Waals surface area contributed by atoms with Gasteiger partial charge < -0.3 is 10.0 Å². The molecule has 1 aliphatic heterocycles. The molecular weight excluding hydrogens is 284 g/mol. The first-order valence-electron chi connectivity index (χ1n) is 5.83. The van der Waals surface area contributed by atoms with Gasteiger partial charge in [0, 0.05) is 18.9 Å². The van der Waals surface area contributed by atoms with Gasteiger partial charge in [-0.3, -0.25) is 4.79 Å². The number of aromatic nitrogens is 2. The molecule has 1 unspecified atom stereocenters. The lowest BCUT2D eigenvalue weighted by Gasteiger charge is -2.35. The number of hydrogen-bond acceptors (Lipinski definition) is 7. The van der Waals surface area contributed by atoms with Crippen molar-refractivity contribution in [2.24, 2.45) is 0 Å². The average molecular weight is 296 g/mol. The molecule has 1 atom stereocenters. The highest BCUT2D eigenvalue weighted by atomic mass is 32.2. The third kappa shape index (κ3) is 3.03. The highest BCUT2D eigenvalue weighted by molar-refractivity contribution is 7.91. The van der Waals surface area contributed by atoms with Crippen LogP contribution < -0.4 is 4.90 Å². The molecule has 1 aromatic heterocycles. The van der Waals surface area contributed by atoms with Crippen molar-refractivity contribution in [1.82, 2.24) is 9.97 Å². The van der Waals surface area contributed by atoms with E-state index in [2.05, 4.69) is 9.97 Å². The van der Waals surface area contributed by atoms with Gasteiger partial charge in [-0.05, 0) is 0 Å². The summed E-state index contributed by atoms with van der Waals surface area (Å²) < 4.78 is 23.3. The normalized spacial score (nSPS) is 21.1. The topological polar surface area (TPSA) is 124 Å². The Labute approximate surface area is 115 Å². The van der Waals surface area contributed by atoms with E-state index in [1.807, 2.05) is 6.07 Å². The van der Waals surface area contributed by atoms with E-state index >= 15 is 0 Å². The van der Waals surface area contributed by atoms with Crippen molar-refractivity contribution in [3.8, 4) is 6.07 Å². The Bertz CT molecular complexity index is 667. The van der Waals surface area contributed by atoms with E-state index in [4.69, 9.17) is 10.4 Å². The molecule has 106 valence electrons. The van der Waals surface area contributed by atoms with E-state index in [1.54, 1.807) is 4.90 Å². The summed E-state index contributed by atoms with van der Waals surface area (Å²) in [6.45, 7) is 0.105. The maximum Gasteiger partial charge on any atom is 0.305 e. The lowest BCUT2D eigenvalue weighted by Crippen LogP contribution is -2.50. The predicted molar refractivity (Wildman–Crippen MR) is 68.8 cm³/mol. The maximum atomic E-state index is 11.7. The van der Waals surface area contributed by atoms with Gasteiger partial charge in [0.2, 0.25) is 0 Å². The summed E-state index contributed by atoms with van der Waals surface area (Å²) in [5.41, 5.74) is 0.0576. The van der Waals surface area contributed by atoms with Crippen molar-refractivity contribution in [2.45, 2.75) is 12.5 Å². The number of carboxylic acid groups (broad SMARTS) is 1. The summed E-state index contributed by atoms with van der Waals surface area (Å²) >= 11 is 0. The third-order valence-corrected chi connectivity index (χ3v) is 4.69. The maximum absolute atomic E-state index is 11.7. The zero-order chi connectivity index (χ0) is 14.8. The van der Waals surface area contributed by atoms with Gasteiger partial charge >= 0.3 is 5.97 Å². The lowest BCUT2D eigenvalue weighted by atomic mass is 10.2. The molecule has 1 saturated heterocycles. The highest BCUT2D eigenvalue weighted by Crippen LogP contribution is 2.23. The van der Waals surface area contributed by atoms with Gasteiger partial charge in [0.05, 0.1) is 24.0 Å². The number of hydrogen-bond donors (Lipinski definition) is 1. The zero-order valence-electron chi connectivity index (χ0n) is 10.4. The van der Waals surface area contributed by atoms with Crippen LogP contribution in [0.25, 0.3) is 0 Å². The Morgan fingerprint density at radius 1 is 1.50 bits per heavy atom. The second-order valence-electron chi connectivity index (χ2n) is 4.40. The quantitative estimate of drug-likeness (QED) is 0.786. The molecule has 9 heteroatoms. The molecule has 0 saturated carbocycles. The molecule has 0 spiro atoms. The Kier molecular flexibility index (Phi) is 3.85. The molecule has 8 nitrogen and oxygen atoms in total. The van der Waals surface area contributed by atoms with Crippen molar-refractivity contribution in [2.75, 3.05) is 23.0 Å². The number of aliphatic carboxylic acids is 1. The van der Waals surface area contributed by atoms with Gasteiger partial charge in [0.15, 0.2) is 21.3 Å². The fraction of sp³-hybridized carbons (Fsp3) is 0.455. The number of nitrogens with zero attached hydrogens (tertiary/aromatic N) is 4. The van der Waals surface area contributed by atoms with Crippen LogP contribution >= 0.6 is 0 Å². The van der Waals surface area contributed by atoms with E-state index in [1.165, 1.54) is 12.4 Å². The first-order valence-corrected chi connectivity index (χ1v) is 7.65. The van der Waals surface area contributed by atoms with E-state index in [9.17, 15) is 13.2 Å². The minimum Gasteiger partial charge on any atom is -0.481 e. The third-order valence-electron chi connectivity index (χ3n) is 3.00. The van der Waals surface area contributed by atoms with Crippen LogP contribution in [0, 0.1) is 11.3 Å². The fourth-order valence-corrected chi connectivity index (χ4v) is 3.68. The summed E-state index contributed by atoms with van der Waals surface area (Å²) in [5, 5.41) is 17.9. The molecule has 1 aliphatic rings. The monoisotopic (exact) mass is 296 g/mol. The Hall–Kier alpha value is -2.21. The van der Waals surface area contributed by atoms with E-state index < -0.39 is 21.8 Å². The van der Waals surface area contributed by atoms with Crippen molar-refractivity contribution in [1.29, 1.82) is 5.26 Å². The SMILES string of the molecule is N#Cc1nccnc1N1CCS(=O)(=O)CC1CC(=O)O. The number of anilines is 1. The molecule has 2 heterocycles. The van der Waals surface area contributed by atoms with Crippen molar-refractivity contribution in [3.63, 3.8) is 0 Å². The molecule has 0 aliphatic carbocycles. The molecule has 0 amide bonds. The zero-order valence-corrected chi connectivity index (χ0v) is 11.2. The molecule has 1 N–H and O–H groups in total. The standard InChI is InChI=1S/C11H12N4O4S/c12-6-9-11(14-2-1-13-9)15-3-4-20(18,19)7-8(15)5-10(16)17/h1-2,8H,3-5,7H2,(H,16,17). The van der Waals surface area contributed by atoms with Crippen LogP contribution in [0.1, 0.15) is 12.1 Å². The summed E-state index contributed by atoms with van der Waals surface area (Å²) in [6.07, 6.45) is 2.41. The van der Waals surface area contributed by atoms with Crippen LogP contribution in [0.2, 0.25) is 0 Å². The summed E-state index contributed by atoms with van der Waals surface area (Å²) in [7, 11) is -3.27. The van der Waals surface area contributed by atoms with E-state index in [0.717, 1.165) is 0 Å². The number of rotatable bonds is 3. The lowest BCUT2D eigenvalue weighted by molar-refractivity contribution is -0.137. The molecular formula is C11H12N4O4S. The van der Waals surface area contributed by atoms with Crippen molar-refractivity contribution >= 4 is 21.6 Å². The van der Waals surface area contributed by atoms with Crippen LogP contribution in [-0.2, 0) is 14.6 Å². The second kappa shape index (κ2) is 5.42. The summed E-state index contributed by atoms with van der Waals surface area (Å²) in [5.74, 6) is -1.22. The van der Waals surface area contributed by atoms with Crippen LogP contribution in [0.4, 0.5) is 5.82 Å². The van der Waals surface area contributed by atoms with Crippen LogP contribution in [0.3, 0.4) is 0 Å². The van der Waals surface area contributed by atoms with Gasteiger partial charge in [0.1, 0.15) is 6.07 Å². The van der Waals surface area contributed by atoms with Crippen LogP contribution in [0.15, 0.2) is 12.4 Å². The average Bonchev–Trinajstić information content (AvgIpc) is 2.37. The molecule has 0 radical (unpaired) electrons. The summed E-state index contributed by atoms with van der Waals surface area (Å²) in [6, 6.07) is 1.13. The number of carboxylic acids is 1. The molecule has 2 rings (SSSR count). The first-order chi connectivity index (χ1) is 9.43. The fourth-order valence-electron chi connectivity index (χ4n) is 2.16. The minimum atomic E-state index is -3.27. The van der Waals surface area contributed by atoms with Crippen LogP contribution in [-0.4, -0.2) is 53.6 Å². The van der Waals surface area contributed by atoms with Gasteiger partial charge in [-0.1, -0.05) is 0 Å². The van der Waals surface area contributed by atoms with Gasteiger partial charge in [-0.2, -0.15) is 5.26 Å². The van der Waals surface area contributed by atoms with Crippen LogP contribution in [0.5, 0.6) is 0 Å². The number of carbonyl (C=O) groups is 1. The summed E-state index contributed by atoms with van der Waals surface area (Å²) in [4.78, 5) is 20.3. The Morgan fingerprint density at radius 3 is 2.85 bits per heavy atom. The molecule has 0 bridgehead atoms. The van der Waals surface area contributed by atoms with Gasteiger partial charge in [-0.25, -0.2) is 18.4 Å². The van der Waals surface area contributed by atoms with Gasteiger partial charge in [0.25, 0.3) is 0 Å². The van der Waals surface area contributed by atoms with E-state index in [0.29, 0.717) is 0 Å². The number of sulfone groups is 1. The molecule has 0 aromatic carbocycles. The van der Waals surface area contributed by atoms with Crippen molar-refractivity contribution in [3.05, 3.63) is 18.1 Å². The minimum absolute atomic E-state index is 0.0576. The smallest absolute Gasteiger partial charge is 0.305 e. The molecule has 1 aromatic rings. The number of nitriles is 1.